The number of rotatable bonds is 1. The van der Waals surface area contributed by atoms with Crippen LogP contribution in [0, 0.1) is 0 Å². The van der Waals surface area contributed by atoms with Gasteiger partial charge < -0.3 is 4.42 Å². The molecule has 19 heavy (non-hydrogen) atoms. The van der Waals surface area contributed by atoms with Gasteiger partial charge in [0.25, 0.3) is 0 Å². The van der Waals surface area contributed by atoms with Crippen molar-refractivity contribution in [3.63, 3.8) is 0 Å². The Kier molecular flexibility index (Phi) is 2.12. The van der Waals surface area contributed by atoms with Crippen molar-refractivity contribution in [1.29, 1.82) is 0 Å². The molecule has 0 amide bonds. The van der Waals surface area contributed by atoms with E-state index in [0.717, 1.165) is 33.1 Å². The number of nitrogens with zero attached hydrogens (tertiary/aromatic N) is 2. The largest absolute Gasteiger partial charge is 0.464 e. The highest BCUT2D eigenvalue weighted by Gasteiger charge is 2.09. The number of pyridine rings is 2. The zero-order valence-electron chi connectivity index (χ0n) is 10.1. The van der Waals surface area contributed by atoms with E-state index in [1.807, 2.05) is 30.3 Å². The second-order valence-corrected chi connectivity index (χ2v) is 4.37. The average molecular weight is 246 g/mol. The minimum absolute atomic E-state index is 0.850. The maximum absolute atomic E-state index is 5.49. The summed E-state index contributed by atoms with van der Waals surface area (Å²) in [5, 5.41) is 2.16. The molecule has 0 saturated carbocycles. The van der Waals surface area contributed by atoms with Gasteiger partial charge in [-0.25, -0.2) is 0 Å². The van der Waals surface area contributed by atoms with Crippen LogP contribution in [0.3, 0.4) is 0 Å². The van der Waals surface area contributed by atoms with Crippen molar-refractivity contribution in [3.05, 3.63) is 61.1 Å². The van der Waals surface area contributed by atoms with Crippen molar-refractivity contribution in [2.45, 2.75) is 0 Å². The summed E-state index contributed by atoms with van der Waals surface area (Å²) in [4.78, 5) is 8.91. The number of aromatic nitrogens is 2. The van der Waals surface area contributed by atoms with E-state index in [-0.39, 0.29) is 0 Å². The van der Waals surface area contributed by atoms with Gasteiger partial charge in [-0.2, -0.15) is 0 Å². The molecule has 4 aromatic rings. The lowest BCUT2D eigenvalue weighted by molar-refractivity contribution is 0.583. The summed E-state index contributed by atoms with van der Waals surface area (Å²) in [6.45, 7) is 0. The second-order valence-electron chi connectivity index (χ2n) is 4.37. The van der Waals surface area contributed by atoms with Gasteiger partial charge >= 0.3 is 0 Å². The zero-order chi connectivity index (χ0) is 12.7. The highest BCUT2D eigenvalue weighted by molar-refractivity contribution is 6.07. The summed E-state index contributed by atoms with van der Waals surface area (Å²) in [6, 6.07) is 13.9. The van der Waals surface area contributed by atoms with E-state index in [9.17, 15) is 0 Å². The van der Waals surface area contributed by atoms with Crippen LogP contribution >= 0.6 is 0 Å². The monoisotopic (exact) mass is 246 g/mol. The molecule has 0 atom stereocenters. The molecular weight excluding hydrogens is 236 g/mol. The van der Waals surface area contributed by atoms with Gasteiger partial charge in [0.1, 0.15) is 5.76 Å². The van der Waals surface area contributed by atoms with Gasteiger partial charge in [-0.05, 0) is 24.3 Å². The number of hydrogen-bond acceptors (Lipinski definition) is 3. The number of hydrogen-bond donors (Lipinski definition) is 0. The molecular formula is C16H10N2O. The van der Waals surface area contributed by atoms with E-state index in [0.29, 0.717) is 0 Å². The van der Waals surface area contributed by atoms with Gasteiger partial charge in [0, 0.05) is 28.7 Å². The summed E-state index contributed by atoms with van der Waals surface area (Å²) in [5.41, 5.74) is 2.88. The van der Waals surface area contributed by atoms with E-state index < -0.39 is 0 Å². The maximum atomic E-state index is 5.49. The topological polar surface area (TPSA) is 38.9 Å². The highest BCUT2D eigenvalue weighted by atomic mass is 16.3. The molecule has 0 radical (unpaired) electrons. The van der Waals surface area contributed by atoms with Gasteiger partial charge in [0.05, 0.1) is 17.3 Å². The third-order valence-electron chi connectivity index (χ3n) is 3.27. The fourth-order valence-electron chi connectivity index (χ4n) is 2.40. The summed E-state index contributed by atoms with van der Waals surface area (Å²) in [6.07, 6.45) is 5.28. The van der Waals surface area contributed by atoms with Crippen molar-refractivity contribution in [2.24, 2.45) is 0 Å². The molecule has 0 N–H and O–H groups in total. The number of benzene rings is 1. The first-order valence-electron chi connectivity index (χ1n) is 6.10. The van der Waals surface area contributed by atoms with Crippen LogP contribution in [0.1, 0.15) is 0 Å². The van der Waals surface area contributed by atoms with Gasteiger partial charge in [0.2, 0.25) is 0 Å². The molecule has 3 heteroatoms. The quantitative estimate of drug-likeness (QED) is 0.476. The van der Waals surface area contributed by atoms with E-state index >= 15 is 0 Å². The lowest BCUT2D eigenvalue weighted by Gasteiger charge is -2.05. The Labute approximate surface area is 109 Å². The molecule has 0 aliphatic rings. The Balaban J connectivity index is 2.15. The first kappa shape index (κ1) is 10.3. The molecule has 3 nitrogen and oxygen atoms in total. The molecule has 3 heterocycles. The molecule has 0 bridgehead atoms. The van der Waals surface area contributed by atoms with Crippen molar-refractivity contribution in [1.82, 2.24) is 9.97 Å². The van der Waals surface area contributed by atoms with Gasteiger partial charge in [-0.15, -0.1) is 0 Å². The maximum Gasteiger partial charge on any atom is 0.134 e. The van der Waals surface area contributed by atoms with E-state index in [1.54, 1.807) is 18.7 Å². The van der Waals surface area contributed by atoms with Gasteiger partial charge in [-0.3, -0.25) is 9.97 Å². The Morgan fingerprint density at radius 1 is 0.789 bits per heavy atom. The van der Waals surface area contributed by atoms with Crippen LogP contribution in [0.2, 0.25) is 0 Å². The van der Waals surface area contributed by atoms with Gasteiger partial charge in [0.15, 0.2) is 0 Å². The Bertz CT molecular complexity index is 866. The van der Waals surface area contributed by atoms with E-state index in [4.69, 9.17) is 4.42 Å². The van der Waals surface area contributed by atoms with Crippen LogP contribution in [-0.4, -0.2) is 9.97 Å². The van der Waals surface area contributed by atoms with Crippen LogP contribution in [0.4, 0.5) is 0 Å². The SMILES string of the molecule is c1coc(-c2ccnc3c2ccc2cccnc23)c1. The smallest absolute Gasteiger partial charge is 0.134 e. The van der Waals surface area contributed by atoms with Crippen molar-refractivity contribution in [3.8, 4) is 11.3 Å². The zero-order valence-corrected chi connectivity index (χ0v) is 10.1. The van der Waals surface area contributed by atoms with Crippen molar-refractivity contribution in [2.75, 3.05) is 0 Å². The van der Waals surface area contributed by atoms with E-state index in [2.05, 4.69) is 22.1 Å². The van der Waals surface area contributed by atoms with Crippen LogP contribution < -0.4 is 0 Å². The Hall–Kier alpha value is -2.68. The fraction of sp³-hybridized carbons (Fsp3) is 0. The highest BCUT2D eigenvalue weighted by Crippen LogP contribution is 2.30. The molecule has 0 aliphatic carbocycles. The minimum atomic E-state index is 0.850. The molecule has 3 aromatic heterocycles. The molecule has 1 aromatic carbocycles. The number of furan rings is 1. The third kappa shape index (κ3) is 1.52. The second kappa shape index (κ2) is 3.92. The molecule has 0 unspecified atom stereocenters. The summed E-state index contributed by atoms with van der Waals surface area (Å²) in [5.74, 6) is 0.850. The van der Waals surface area contributed by atoms with Crippen LogP contribution in [-0.2, 0) is 0 Å². The summed E-state index contributed by atoms with van der Waals surface area (Å²) in [7, 11) is 0. The molecule has 0 spiro atoms. The van der Waals surface area contributed by atoms with Crippen molar-refractivity contribution < 1.29 is 4.42 Å². The molecule has 0 saturated heterocycles. The Morgan fingerprint density at radius 2 is 1.74 bits per heavy atom. The lowest BCUT2D eigenvalue weighted by Crippen LogP contribution is -1.87. The van der Waals surface area contributed by atoms with Crippen LogP contribution in [0.25, 0.3) is 33.1 Å². The number of fused-ring (bicyclic) bond motifs is 3. The first-order valence-corrected chi connectivity index (χ1v) is 6.10. The lowest BCUT2D eigenvalue weighted by atomic mass is 10.0. The summed E-state index contributed by atoms with van der Waals surface area (Å²) >= 11 is 0. The predicted octanol–water partition coefficient (Wildman–Crippen LogP) is 4.04. The van der Waals surface area contributed by atoms with Crippen molar-refractivity contribution >= 4 is 21.8 Å². The van der Waals surface area contributed by atoms with E-state index in [1.165, 1.54) is 0 Å². The molecule has 0 aliphatic heterocycles. The Morgan fingerprint density at radius 3 is 2.63 bits per heavy atom. The standard InChI is InChI=1S/C16H10N2O/c1-3-11-5-6-13-12(14-4-2-10-19-14)7-9-18-16(13)15(11)17-8-1/h1-10H. The molecule has 90 valence electrons. The normalized spacial score (nSPS) is 11.2. The first-order chi connectivity index (χ1) is 9.43. The summed E-state index contributed by atoms with van der Waals surface area (Å²) < 4.78 is 5.49. The fourth-order valence-corrected chi connectivity index (χ4v) is 2.40. The van der Waals surface area contributed by atoms with Gasteiger partial charge in [-0.1, -0.05) is 18.2 Å². The molecule has 0 fully saturated rings. The van der Waals surface area contributed by atoms with Crippen LogP contribution in [0.15, 0.2) is 65.5 Å². The molecule has 4 rings (SSSR count). The minimum Gasteiger partial charge on any atom is -0.464 e. The third-order valence-corrected chi connectivity index (χ3v) is 3.27. The average Bonchev–Trinajstić information content (AvgIpc) is 3.00. The predicted molar refractivity (Wildman–Crippen MR) is 74.7 cm³/mol. The van der Waals surface area contributed by atoms with Crippen LogP contribution in [0.5, 0.6) is 0 Å².